The molecule has 6 nitrogen and oxygen atoms in total. The fourth-order valence-corrected chi connectivity index (χ4v) is 5.27. The van der Waals surface area contributed by atoms with Gasteiger partial charge in [0.2, 0.25) is 0 Å². The summed E-state index contributed by atoms with van der Waals surface area (Å²) in [5, 5.41) is 0. The zero-order valence-corrected chi connectivity index (χ0v) is 19.6. The van der Waals surface area contributed by atoms with Crippen molar-refractivity contribution in [2.75, 3.05) is 33.4 Å². The first-order chi connectivity index (χ1) is 14.4. The van der Waals surface area contributed by atoms with Gasteiger partial charge >= 0.3 is 5.69 Å². The van der Waals surface area contributed by atoms with Crippen LogP contribution in [0.15, 0.2) is 16.9 Å². The molecule has 31 heavy (non-hydrogen) atoms. The molecular formula is C23H35ClFN3O3. The van der Waals surface area contributed by atoms with E-state index in [9.17, 15) is 9.18 Å². The molecule has 2 heterocycles. The minimum atomic E-state index is -0.277. The number of nitrogens with zero attached hydrogens (tertiary/aromatic N) is 2. The summed E-state index contributed by atoms with van der Waals surface area (Å²) in [6.07, 6.45) is 6.68. The van der Waals surface area contributed by atoms with Crippen molar-refractivity contribution < 1.29 is 13.9 Å². The number of piperidine rings is 1. The minimum absolute atomic E-state index is 0. The van der Waals surface area contributed by atoms with Crippen molar-refractivity contribution >= 4 is 23.4 Å². The Morgan fingerprint density at radius 3 is 2.48 bits per heavy atom. The smallest absolute Gasteiger partial charge is 0.326 e. The first-order valence-corrected chi connectivity index (χ1v) is 11.2. The van der Waals surface area contributed by atoms with Crippen LogP contribution in [-0.4, -0.2) is 59.5 Å². The molecule has 0 unspecified atom stereocenters. The number of ether oxygens (including phenoxy) is 2. The maximum Gasteiger partial charge on any atom is 0.326 e. The van der Waals surface area contributed by atoms with Crippen molar-refractivity contribution in [1.82, 2.24) is 14.5 Å². The normalized spacial score (nSPS) is 25.6. The van der Waals surface area contributed by atoms with Crippen molar-refractivity contribution in [2.24, 2.45) is 0 Å². The van der Waals surface area contributed by atoms with E-state index in [4.69, 9.17) is 9.47 Å². The molecule has 1 N–H and O–H groups in total. The number of aromatic amines is 1. The molecule has 0 atom stereocenters. The number of imidazole rings is 1. The first-order valence-electron chi connectivity index (χ1n) is 11.2. The van der Waals surface area contributed by atoms with E-state index < -0.39 is 0 Å². The average molecular weight is 456 g/mol. The number of aromatic nitrogens is 2. The Morgan fingerprint density at radius 2 is 1.84 bits per heavy atom. The van der Waals surface area contributed by atoms with Gasteiger partial charge in [-0.2, -0.15) is 0 Å². The van der Waals surface area contributed by atoms with Crippen molar-refractivity contribution in [3.05, 3.63) is 34.0 Å². The van der Waals surface area contributed by atoms with Gasteiger partial charge in [-0.1, -0.05) is 0 Å². The Balaban J connectivity index is 0.00000272. The predicted octanol–water partition coefficient (Wildman–Crippen LogP) is 4.20. The highest BCUT2D eigenvalue weighted by Gasteiger charge is 2.38. The van der Waals surface area contributed by atoms with Gasteiger partial charge in [0, 0.05) is 31.8 Å². The number of likely N-dealkylation sites (tertiary alicyclic amines) is 1. The lowest BCUT2D eigenvalue weighted by Crippen LogP contribution is -2.53. The SMILES string of the molecule is COCCO[C@H]1CC[C@](C)(N2CCC(n3c(=O)[nH]c4cc(F)c(C)cc43)CC2)CC1.Cl. The quantitative estimate of drug-likeness (QED) is 0.663. The number of hydrogen-bond acceptors (Lipinski definition) is 4. The van der Waals surface area contributed by atoms with Crippen LogP contribution in [0.2, 0.25) is 0 Å². The molecule has 2 aromatic rings. The van der Waals surface area contributed by atoms with E-state index in [0.29, 0.717) is 30.4 Å². The van der Waals surface area contributed by atoms with E-state index in [2.05, 4.69) is 16.8 Å². The fraction of sp³-hybridized carbons (Fsp3) is 0.696. The molecule has 2 aliphatic rings. The van der Waals surface area contributed by atoms with E-state index in [1.165, 1.54) is 6.07 Å². The first kappa shape index (κ1) is 24.2. The van der Waals surface area contributed by atoms with Gasteiger partial charge in [-0.05, 0) is 70.1 Å². The number of methoxy groups -OCH3 is 1. The molecule has 1 aliphatic heterocycles. The van der Waals surface area contributed by atoms with Gasteiger partial charge in [0.05, 0.1) is 30.4 Å². The summed E-state index contributed by atoms with van der Waals surface area (Å²) in [7, 11) is 1.70. The van der Waals surface area contributed by atoms with Gasteiger partial charge in [0.1, 0.15) is 5.82 Å². The molecule has 1 aliphatic carbocycles. The summed E-state index contributed by atoms with van der Waals surface area (Å²) >= 11 is 0. The Labute approximate surface area is 189 Å². The van der Waals surface area contributed by atoms with Crippen molar-refractivity contribution in [3.8, 4) is 0 Å². The highest BCUT2D eigenvalue weighted by atomic mass is 35.5. The van der Waals surface area contributed by atoms with Crippen LogP contribution in [0.25, 0.3) is 11.0 Å². The Morgan fingerprint density at radius 1 is 1.16 bits per heavy atom. The second kappa shape index (κ2) is 10.0. The molecular weight excluding hydrogens is 421 g/mol. The predicted molar refractivity (Wildman–Crippen MR) is 123 cm³/mol. The van der Waals surface area contributed by atoms with Gasteiger partial charge in [-0.15, -0.1) is 12.4 Å². The van der Waals surface area contributed by atoms with Gasteiger partial charge in [0.15, 0.2) is 0 Å². The maximum atomic E-state index is 13.9. The summed E-state index contributed by atoms with van der Waals surface area (Å²) in [6.45, 7) is 7.41. The Kier molecular flexibility index (Phi) is 7.84. The van der Waals surface area contributed by atoms with Crippen LogP contribution in [0.4, 0.5) is 4.39 Å². The molecule has 0 amide bonds. The van der Waals surface area contributed by atoms with Gasteiger partial charge in [-0.25, -0.2) is 9.18 Å². The lowest BCUT2D eigenvalue weighted by atomic mass is 9.79. The molecule has 1 aromatic carbocycles. The lowest BCUT2D eigenvalue weighted by molar-refractivity contribution is -0.0419. The third kappa shape index (κ3) is 5.00. The molecule has 0 bridgehead atoms. The third-order valence-corrected chi connectivity index (χ3v) is 7.24. The third-order valence-electron chi connectivity index (χ3n) is 7.24. The Bertz CT molecular complexity index is 928. The van der Waals surface area contributed by atoms with Crippen molar-refractivity contribution in [2.45, 2.75) is 70.1 Å². The van der Waals surface area contributed by atoms with Crippen LogP contribution in [0, 0.1) is 12.7 Å². The van der Waals surface area contributed by atoms with Gasteiger partial charge in [0.25, 0.3) is 0 Å². The molecule has 174 valence electrons. The summed E-state index contributed by atoms with van der Waals surface area (Å²) < 4.78 is 26.8. The average Bonchev–Trinajstić information content (AvgIpc) is 3.05. The zero-order valence-electron chi connectivity index (χ0n) is 18.8. The number of nitrogens with one attached hydrogen (secondary N) is 1. The van der Waals surface area contributed by atoms with Crippen LogP contribution in [-0.2, 0) is 9.47 Å². The number of halogens is 2. The molecule has 1 saturated carbocycles. The fourth-order valence-electron chi connectivity index (χ4n) is 5.27. The monoisotopic (exact) mass is 455 g/mol. The van der Waals surface area contributed by atoms with Crippen LogP contribution in [0.1, 0.15) is 57.1 Å². The second-order valence-electron chi connectivity index (χ2n) is 9.20. The molecule has 8 heteroatoms. The number of rotatable bonds is 6. The van der Waals surface area contributed by atoms with E-state index in [0.717, 1.165) is 57.1 Å². The zero-order chi connectivity index (χ0) is 21.3. The molecule has 1 aromatic heterocycles. The second-order valence-corrected chi connectivity index (χ2v) is 9.20. The van der Waals surface area contributed by atoms with Crippen molar-refractivity contribution in [3.63, 3.8) is 0 Å². The number of fused-ring (bicyclic) bond motifs is 1. The van der Waals surface area contributed by atoms with Gasteiger partial charge in [-0.3, -0.25) is 9.47 Å². The number of H-pyrrole nitrogens is 1. The maximum absolute atomic E-state index is 13.9. The van der Waals surface area contributed by atoms with Crippen molar-refractivity contribution in [1.29, 1.82) is 0 Å². The number of hydrogen-bond donors (Lipinski definition) is 1. The summed E-state index contributed by atoms with van der Waals surface area (Å²) in [4.78, 5) is 18.0. The molecule has 1 saturated heterocycles. The lowest BCUT2D eigenvalue weighted by Gasteiger charge is -2.48. The van der Waals surface area contributed by atoms with Gasteiger partial charge < -0.3 is 14.5 Å². The van der Waals surface area contributed by atoms with E-state index in [1.54, 1.807) is 20.1 Å². The topological polar surface area (TPSA) is 59.5 Å². The summed E-state index contributed by atoms with van der Waals surface area (Å²) in [5.74, 6) is -0.277. The molecule has 4 rings (SSSR count). The standard InChI is InChI=1S/C23H34FN3O3.ClH/c1-16-14-21-20(15-19(16)24)25-22(28)27(21)17-6-10-26(11-7-17)23(2)8-4-18(5-9-23)30-13-12-29-3;/h14-15,17-18H,4-13H2,1-3H3,(H,25,28);1H/t18-,23-;. The largest absolute Gasteiger partial charge is 0.382 e. The highest BCUT2D eigenvalue weighted by molar-refractivity contribution is 5.85. The number of benzene rings is 1. The Hall–Kier alpha value is -1.41. The van der Waals surface area contributed by atoms with E-state index >= 15 is 0 Å². The van der Waals surface area contributed by atoms with E-state index in [1.807, 2.05) is 4.57 Å². The van der Waals surface area contributed by atoms with E-state index in [-0.39, 0.29) is 35.5 Å². The minimum Gasteiger partial charge on any atom is -0.382 e. The highest BCUT2D eigenvalue weighted by Crippen LogP contribution is 2.38. The van der Waals surface area contributed by atoms with Crippen LogP contribution < -0.4 is 5.69 Å². The molecule has 0 spiro atoms. The molecule has 0 radical (unpaired) electrons. The van der Waals surface area contributed by atoms with Crippen LogP contribution >= 0.6 is 12.4 Å². The van der Waals surface area contributed by atoms with Crippen LogP contribution in [0.3, 0.4) is 0 Å². The number of aryl methyl sites for hydroxylation is 1. The summed E-state index contributed by atoms with van der Waals surface area (Å²) in [5.41, 5.74) is 2.05. The summed E-state index contributed by atoms with van der Waals surface area (Å²) in [6, 6.07) is 3.39. The molecule has 2 fully saturated rings. The van der Waals surface area contributed by atoms with Crippen LogP contribution in [0.5, 0.6) is 0 Å².